The zero-order chi connectivity index (χ0) is 20.8. The molecule has 2 aromatic heterocycles. The Morgan fingerprint density at radius 2 is 2.03 bits per heavy atom. The van der Waals surface area contributed by atoms with E-state index in [9.17, 15) is 18.0 Å². The lowest BCUT2D eigenvalue weighted by Gasteiger charge is -2.33. The number of carbonyl (C=O) groups excluding carboxylic acids is 1. The lowest BCUT2D eigenvalue weighted by Crippen LogP contribution is -2.35. The molecule has 0 spiro atoms. The number of benzene rings is 1. The number of carbonyl (C=O) groups is 1. The molecule has 29 heavy (non-hydrogen) atoms. The van der Waals surface area contributed by atoms with Crippen molar-refractivity contribution in [3.8, 4) is 0 Å². The molecule has 5 nitrogen and oxygen atoms in total. The number of hydrogen-bond acceptors (Lipinski definition) is 4. The van der Waals surface area contributed by atoms with Crippen LogP contribution >= 0.6 is 38.9 Å². The van der Waals surface area contributed by atoms with E-state index in [2.05, 4.69) is 31.7 Å². The van der Waals surface area contributed by atoms with Gasteiger partial charge in [0.05, 0.1) is 10.5 Å². The van der Waals surface area contributed by atoms with Gasteiger partial charge in [0.1, 0.15) is 5.82 Å². The number of thiophene rings is 1. The summed E-state index contributed by atoms with van der Waals surface area (Å²) in [5, 5.41) is 12.0. The van der Waals surface area contributed by atoms with Gasteiger partial charge in [-0.15, -0.1) is 11.3 Å². The van der Waals surface area contributed by atoms with E-state index in [0.29, 0.717) is 10.7 Å². The van der Waals surface area contributed by atoms with Crippen LogP contribution in [0, 0.1) is 0 Å². The second-order valence-electron chi connectivity index (χ2n) is 6.42. The molecule has 1 aliphatic heterocycles. The van der Waals surface area contributed by atoms with Crippen LogP contribution in [0.15, 0.2) is 46.3 Å². The van der Waals surface area contributed by atoms with E-state index in [1.807, 2.05) is 5.38 Å². The second kappa shape index (κ2) is 7.66. The lowest BCUT2D eigenvalue weighted by atomic mass is 10.0. The number of anilines is 2. The van der Waals surface area contributed by atoms with Gasteiger partial charge in [0.15, 0.2) is 11.7 Å². The number of halogens is 5. The normalized spacial score (nSPS) is 18.8. The summed E-state index contributed by atoms with van der Waals surface area (Å²) in [7, 11) is 0. The molecular formula is C18H13BrClF3N4OS. The van der Waals surface area contributed by atoms with E-state index in [1.165, 1.54) is 11.3 Å². The number of amides is 1. The smallest absolute Gasteiger partial charge is 0.362 e. The van der Waals surface area contributed by atoms with Crippen LogP contribution < -0.4 is 10.6 Å². The largest absolute Gasteiger partial charge is 0.410 e. The minimum absolute atomic E-state index is 0.123. The highest BCUT2D eigenvalue weighted by Crippen LogP contribution is 2.46. The van der Waals surface area contributed by atoms with Gasteiger partial charge in [-0.2, -0.15) is 18.3 Å². The first-order chi connectivity index (χ1) is 13.7. The summed E-state index contributed by atoms with van der Waals surface area (Å²) in [6.45, 7) is 0. The number of rotatable bonds is 3. The van der Waals surface area contributed by atoms with Crippen molar-refractivity contribution in [2.45, 2.75) is 24.7 Å². The van der Waals surface area contributed by atoms with Gasteiger partial charge in [-0.1, -0.05) is 17.7 Å². The first kappa shape index (κ1) is 20.2. The second-order valence-corrected chi connectivity index (χ2v) is 8.63. The zero-order valence-corrected chi connectivity index (χ0v) is 17.7. The predicted molar refractivity (Wildman–Crippen MR) is 110 cm³/mol. The third kappa shape index (κ3) is 4.01. The summed E-state index contributed by atoms with van der Waals surface area (Å²) in [5.74, 6) is -0.505. The van der Waals surface area contributed by atoms with E-state index >= 15 is 0 Å². The average Bonchev–Trinajstić information content (AvgIpc) is 3.31. The van der Waals surface area contributed by atoms with E-state index in [0.717, 1.165) is 9.56 Å². The average molecular weight is 506 g/mol. The highest BCUT2D eigenvalue weighted by Gasteiger charge is 2.48. The van der Waals surface area contributed by atoms with Gasteiger partial charge < -0.3 is 10.6 Å². The van der Waals surface area contributed by atoms with Gasteiger partial charge in [0.2, 0.25) is 0 Å². The Bertz CT molecular complexity index is 1040. The van der Waals surface area contributed by atoms with Crippen molar-refractivity contribution in [2.24, 2.45) is 0 Å². The van der Waals surface area contributed by atoms with Crippen molar-refractivity contribution in [2.75, 3.05) is 10.6 Å². The summed E-state index contributed by atoms with van der Waals surface area (Å²) < 4.78 is 42.3. The van der Waals surface area contributed by atoms with Crippen LogP contribution in [0.25, 0.3) is 0 Å². The molecule has 0 fully saturated rings. The van der Waals surface area contributed by atoms with Crippen molar-refractivity contribution >= 4 is 56.3 Å². The molecule has 2 atom stereocenters. The minimum atomic E-state index is -4.51. The van der Waals surface area contributed by atoms with Crippen LogP contribution in [-0.4, -0.2) is 21.9 Å². The highest BCUT2D eigenvalue weighted by atomic mass is 79.9. The molecule has 0 saturated carbocycles. The van der Waals surface area contributed by atoms with Crippen LogP contribution in [0.5, 0.6) is 0 Å². The number of nitrogens with zero attached hydrogens (tertiary/aromatic N) is 2. The number of hydrogen-bond donors (Lipinski definition) is 2. The molecule has 0 bridgehead atoms. The summed E-state index contributed by atoms with van der Waals surface area (Å²) in [6, 6.07) is 7.56. The van der Waals surface area contributed by atoms with Crippen LogP contribution in [-0.2, 0) is 0 Å². The third-order valence-corrected chi connectivity index (χ3v) is 6.49. The first-order valence-corrected chi connectivity index (χ1v) is 10.5. The van der Waals surface area contributed by atoms with Crippen molar-refractivity contribution in [3.05, 3.63) is 61.8 Å². The molecule has 2 N–H and O–H groups in total. The van der Waals surface area contributed by atoms with Crippen LogP contribution in [0.3, 0.4) is 0 Å². The zero-order valence-electron chi connectivity index (χ0n) is 14.5. The summed E-state index contributed by atoms with van der Waals surface area (Å²) in [6.07, 6.45) is -4.73. The third-order valence-electron chi connectivity index (χ3n) is 4.50. The fourth-order valence-corrected chi connectivity index (χ4v) is 4.61. The highest BCUT2D eigenvalue weighted by molar-refractivity contribution is 9.10. The molecule has 4 rings (SSSR count). The Morgan fingerprint density at radius 1 is 1.31 bits per heavy atom. The Labute approximate surface area is 181 Å². The standard InChI is InChI=1S/C18H13BrClF3N4OS/c19-14-15(17(28)24-10-5-3-9(20)4-6-10)26-27-13(18(21,22)23)8-11(25-16(14)27)12-2-1-7-29-12/h1-7,11,13,25H,8H2,(H,24,28)/t11-,13-/m0/s1. The number of fused-ring (bicyclic) bond motifs is 1. The van der Waals surface area contributed by atoms with Crippen LogP contribution in [0.4, 0.5) is 24.7 Å². The lowest BCUT2D eigenvalue weighted by molar-refractivity contribution is -0.173. The monoisotopic (exact) mass is 504 g/mol. The number of aromatic nitrogens is 2. The molecule has 0 unspecified atom stereocenters. The topological polar surface area (TPSA) is 59.0 Å². The van der Waals surface area contributed by atoms with Gasteiger partial charge in [-0.05, 0) is 51.6 Å². The molecular weight excluding hydrogens is 493 g/mol. The molecule has 152 valence electrons. The van der Waals surface area contributed by atoms with E-state index in [1.54, 1.807) is 36.4 Å². The van der Waals surface area contributed by atoms with Crippen molar-refractivity contribution in [3.63, 3.8) is 0 Å². The molecule has 1 aromatic carbocycles. The Morgan fingerprint density at radius 3 is 2.66 bits per heavy atom. The Kier molecular flexibility index (Phi) is 5.34. The van der Waals surface area contributed by atoms with Gasteiger partial charge in [-0.3, -0.25) is 4.79 Å². The Balaban J connectivity index is 1.69. The van der Waals surface area contributed by atoms with E-state index in [-0.39, 0.29) is 22.4 Å². The minimum Gasteiger partial charge on any atom is -0.362 e. The quantitative estimate of drug-likeness (QED) is 0.441. The molecule has 1 aliphatic rings. The molecule has 1 amide bonds. The van der Waals surface area contributed by atoms with Crippen LogP contribution in [0.2, 0.25) is 5.02 Å². The van der Waals surface area contributed by atoms with Crippen molar-refractivity contribution in [1.29, 1.82) is 0 Å². The van der Waals surface area contributed by atoms with Crippen molar-refractivity contribution in [1.82, 2.24) is 9.78 Å². The van der Waals surface area contributed by atoms with Gasteiger partial charge in [0, 0.05) is 22.0 Å². The SMILES string of the molecule is O=C(Nc1ccc(Cl)cc1)c1nn2c(c1Br)N[C@H](c1cccs1)C[C@H]2C(F)(F)F. The maximum atomic E-state index is 13.7. The first-order valence-electron chi connectivity index (χ1n) is 8.45. The maximum absolute atomic E-state index is 13.7. The molecule has 0 radical (unpaired) electrons. The van der Waals surface area contributed by atoms with E-state index < -0.39 is 24.2 Å². The van der Waals surface area contributed by atoms with Crippen molar-refractivity contribution < 1.29 is 18.0 Å². The van der Waals surface area contributed by atoms with Gasteiger partial charge in [0.25, 0.3) is 5.91 Å². The van der Waals surface area contributed by atoms with Crippen LogP contribution in [0.1, 0.15) is 33.9 Å². The number of nitrogens with one attached hydrogen (secondary N) is 2. The van der Waals surface area contributed by atoms with Gasteiger partial charge >= 0.3 is 6.18 Å². The predicted octanol–water partition coefficient (Wildman–Crippen LogP) is 6.27. The molecule has 3 heterocycles. The fourth-order valence-electron chi connectivity index (χ4n) is 3.13. The molecule has 3 aromatic rings. The summed E-state index contributed by atoms with van der Waals surface area (Å²) in [4.78, 5) is 13.4. The van der Waals surface area contributed by atoms with E-state index in [4.69, 9.17) is 11.6 Å². The molecule has 0 saturated heterocycles. The fraction of sp³-hybridized carbons (Fsp3) is 0.222. The Hall–Kier alpha value is -2.04. The van der Waals surface area contributed by atoms with Gasteiger partial charge in [-0.25, -0.2) is 4.68 Å². The summed E-state index contributed by atoms with van der Waals surface area (Å²) >= 11 is 10.5. The maximum Gasteiger partial charge on any atom is 0.410 e. The number of alkyl halides is 3. The summed E-state index contributed by atoms with van der Waals surface area (Å²) in [5.41, 5.74) is 0.317. The molecule has 11 heteroatoms. The molecule has 0 aliphatic carbocycles.